The third-order valence-electron chi connectivity index (χ3n) is 5.28. The van der Waals surface area contributed by atoms with Gasteiger partial charge in [0.15, 0.2) is 5.78 Å². The van der Waals surface area contributed by atoms with Gasteiger partial charge in [0, 0.05) is 17.7 Å². The molecule has 8 heteroatoms. The highest BCUT2D eigenvalue weighted by molar-refractivity contribution is 6.12. The van der Waals surface area contributed by atoms with Crippen LogP contribution in [0.25, 0.3) is 10.8 Å². The Morgan fingerprint density at radius 2 is 1.77 bits per heavy atom. The molecule has 0 spiro atoms. The number of Topliss-reactive ketones (excluding diaryl/α,β-unsaturated/α-hetero) is 1. The Labute approximate surface area is 171 Å². The van der Waals surface area contributed by atoms with Crippen LogP contribution in [0.4, 0.5) is 10.5 Å². The highest BCUT2D eigenvalue weighted by atomic mass is 16.6. The van der Waals surface area contributed by atoms with E-state index in [1.54, 1.807) is 19.1 Å². The van der Waals surface area contributed by atoms with Gasteiger partial charge in [-0.2, -0.15) is 0 Å². The van der Waals surface area contributed by atoms with E-state index in [0.29, 0.717) is 5.56 Å². The van der Waals surface area contributed by atoms with Crippen molar-refractivity contribution in [3.05, 3.63) is 88.0 Å². The molecule has 8 nitrogen and oxygen atoms in total. The number of benzene rings is 3. The Bertz CT molecular complexity index is 1220. The Kier molecular flexibility index (Phi) is 4.54. The highest BCUT2D eigenvalue weighted by Gasteiger charge is 2.50. The number of hydrogen-bond acceptors (Lipinski definition) is 5. The topological polar surface area (TPSA) is 110 Å². The zero-order valence-electron chi connectivity index (χ0n) is 16.0. The molecular formula is C22H17N3O5. The third-order valence-corrected chi connectivity index (χ3v) is 5.28. The Morgan fingerprint density at radius 3 is 2.53 bits per heavy atom. The standard InChI is InChI=1S/C22H17N3O5/c1-22(18-11-5-7-14-6-2-3-10-17(14)18)20(27)24(21(28)23-22)13-19(26)15-8-4-9-16(12-15)25(29)30/h2-12H,13H2,1H3,(H,23,28). The van der Waals surface area contributed by atoms with Crippen LogP contribution >= 0.6 is 0 Å². The number of rotatable bonds is 5. The number of hydrogen-bond donors (Lipinski definition) is 1. The summed E-state index contributed by atoms with van der Waals surface area (Å²) < 4.78 is 0. The predicted molar refractivity (Wildman–Crippen MR) is 109 cm³/mol. The number of imide groups is 1. The molecule has 1 saturated heterocycles. The van der Waals surface area contributed by atoms with Crippen LogP contribution in [0.15, 0.2) is 66.7 Å². The van der Waals surface area contributed by atoms with Gasteiger partial charge in [-0.15, -0.1) is 0 Å². The fraction of sp³-hybridized carbons (Fsp3) is 0.136. The molecule has 150 valence electrons. The third kappa shape index (κ3) is 3.08. The predicted octanol–water partition coefficient (Wildman–Crippen LogP) is 3.40. The molecule has 1 heterocycles. The SMILES string of the molecule is CC1(c2cccc3ccccc23)NC(=O)N(CC(=O)c2cccc([N+](=O)[O-])c2)C1=O. The quantitative estimate of drug-likeness (QED) is 0.304. The van der Waals surface area contributed by atoms with Crippen molar-refractivity contribution in [1.29, 1.82) is 0 Å². The second kappa shape index (κ2) is 7.07. The summed E-state index contributed by atoms with van der Waals surface area (Å²) in [5.41, 5.74) is -0.882. The Balaban J connectivity index is 1.65. The summed E-state index contributed by atoms with van der Waals surface area (Å²) in [5, 5.41) is 15.4. The molecule has 3 amide bonds. The number of ketones is 1. The molecule has 3 aromatic rings. The van der Waals surface area contributed by atoms with E-state index in [1.165, 1.54) is 18.2 Å². The van der Waals surface area contributed by atoms with E-state index in [9.17, 15) is 24.5 Å². The van der Waals surface area contributed by atoms with Crippen molar-refractivity contribution >= 4 is 34.2 Å². The minimum absolute atomic E-state index is 0.0589. The molecule has 0 radical (unpaired) electrons. The number of nitrogens with zero attached hydrogens (tertiary/aromatic N) is 2. The summed E-state index contributed by atoms with van der Waals surface area (Å²) in [6.45, 7) is 1.10. The molecule has 1 fully saturated rings. The van der Waals surface area contributed by atoms with Crippen molar-refractivity contribution < 1.29 is 19.3 Å². The van der Waals surface area contributed by atoms with Crippen LogP contribution in [0.3, 0.4) is 0 Å². The zero-order chi connectivity index (χ0) is 21.5. The van der Waals surface area contributed by atoms with Crippen molar-refractivity contribution in [2.45, 2.75) is 12.5 Å². The van der Waals surface area contributed by atoms with Crippen molar-refractivity contribution in [2.24, 2.45) is 0 Å². The molecule has 0 aromatic heterocycles. The molecule has 0 saturated carbocycles. The van der Waals surface area contributed by atoms with E-state index in [4.69, 9.17) is 0 Å². The van der Waals surface area contributed by atoms with Crippen LogP contribution < -0.4 is 5.32 Å². The molecule has 1 aliphatic rings. The lowest BCUT2D eigenvalue weighted by atomic mass is 9.88. The number of carbonyl (C=O) groups excluding carboxylic acids is 3. The van der Waals surface area contributed by atoms with E-state index in [0.717, 1.165) is 21.7 Å². The number of nitro groups is 1. The van der Waals surface area contributed by atoms with Crippen LogP contribution in [0, 0.1) is 10.1 Å². The van der Waals surface area contributed by atoms with Gasteiger partial charge in [-0.05, 0) is 23.3 Å². The van der Waals surface area contributed by atoms with Crippen LogP contribution in [-0.2, 0) is 10.3 Å². The monoisotopic (exact) mass is 403 g/mol. The first-order valence-corrected chi connectivity index (χ1v) is 9.21. The maximum absolute atomic E-state index is 13.2. The van der Waals surface area contributed by atoms with Gasteiger partial charge in [-0.25, -0.2) is 4.79 Å². The number of nitro benzene ring substituents is 1. The normalized spacial score (nSPS) is 18.5. The van der Waals surface area contributed by atoms with Crippen molar-refractivity contribution in [1.82, 2.24) is 10.2 Å². The molecule has 0 aliphatic carbocycles. The van der Waals surface area contributed by atoms with Gasteiger partial charge in [0.05, 0.1) is 11.5 Å². The largest absolute Gasteiger partial charge is 0.325 e. The highest BCUT2D eigenvalue weighted by Crippen LogP contribution is 2.34. The van der Waals surface area contributed by atoms with Gasteiger partial charge in [-0.1, -0.05) is 54.6 Å². The zero-order valence-corrected chi connectivity index (χ0v) is 16.0. The summed E-state index contributed by atoms with van der Waals surface area (Å²) in [6.07, 6.45) is 0. The molecule has 0 bridgehead atoms. The van der Waals surface area contributed by atoms with Gasteiger partial charge in [0.2, 0.25) is 0 Å². The smallest absolute Gasteiger partial charge is 0.319 e. The molecule has 4 rings (SSSR count). The van der Waals surface area contributed by atoms with Crippen molar-refractivity contribution in [2.75, 3.05) is 6.54 Å². The van der Waals surface area contributed by atoms with E-state index in [-0.39, 0.29) is 11.3 Å². The summed E-state index contributed by atoms with van der Waals surface area (Å²) in [4.78, 5) is 49.6. The summed E-state index contributed by atoms with van der Waals surface area (Å²) >= 11 is 0. The Morgan fingerprint density at radius 1 is 1.07 bits per heavy atom. The minimum atomic E-state index is -1.33. The van der Waals surface area contributed by atoms with E-state index in [1.807, 2.05) is 30.3 Å². The lowest BCUT2D eigenvalue weighted by molar-refractivity contribution is -0.384. The van der Waals surface area contributed by atoms with Gasteiger partial charge in [-0.3, -0.25) is 24.6 Å². The number of fused-ring (bicyclic) bond motifs is 1. The second-order valence-electron chi connectivity index (χ2n) is 7.20. The molecule has 1 unspecified atom stereocenters. The first kappa shape index (κ1) is 19.3. The first-order valence-electron chi connectivity index (χ1n) is 9.21. The molecule has 1 atom stereocenters. The van der Waals surface area contributed by atoms with E-state index >= 15 is 0 Å². The maximum Gasteiger partial charge on any atom is 0.325 e. The number of non-ortho nitro benzene ring substituents is 1. The molecular weight excluding hydrogens is 386 g/mol. The fourth-order valence-electron chi connectivity index (χ4n) is 3.71. The molecule has 30 heavy (non-hydrogen) atoms. The van der Waals surface area contributed by atoms with E-state index in [2.05, 4.69) is 5.32 Å². The molecule has 1 N–H and O–H groups in total. The second-order valence-corrected chi connectivity index (χ2v) is 7.20. The Hall–Kier alpha value is -4.07. The van der Waals surface area contributed by atoms with Gasteiger partial charge in [0.1, 0.15) is 5.54 Å². The lowest BCUT2D eigenvalue weighted by Crippen LogP contribution is -2.41. The van der Waals surface area contributed by atoms with Crippen LogP contribution in [0.5, 0.6) is 0 Å². The summed E-state index contributed by atoms with van der Waals surface area (Å²) in [5.74, 6) is -1.12. The minimum Gasteiger partial charge on any atom is -0.319 e. The maximum atomic E-state index is 13.2. The van der Waals surface area contributed by atoms with Crippen molar-refractivity contribution in [3.8, 4) is 0 Å². The lowest BCUT2D eigenvalue weighted by Gasteiger charge is -2.24. The molecule has 3 aromatic carbocycles. The summed E-state index contributed by atoms with van der Waals surface area (Å²) in [7, 11) is 0. The van der Waals surface area contributed by atoms with Gasteiger partial charge < -0.3 is 5.32 Å². The number of nitrogens with one attached hydrogen (secondary N) is 1. The summed E-state index contributed by atoms with van der Waals surface area (Å²) in [6, 6.07) is 17.5. The first-order chi connectivity index (χ1) is 14.3. The number of carbonyl (C=O) groups is 3. The number of urea groups is 1. The molecule has 1 aliphatic heterocycles. The van der Waals surface area contributed by atoms with E-state index < -0.39 is 34.7 Å². The van der Waals surface area contributed by atoms with Crippen LogP contribution in [-0.4, -0.2) is 34.1 Å². The van der Waals surface area contributed by atoms with Crippen LogP contribution in [0.1, 0.15) is 22.8 Å². The average Bonchev–Trinajstić information content (AvgIpc) is 2.97. The van der Waals surface area contributed by atoms with Gasteiger partial charge in [0.25, 0.3) is 11.6 Å². The fourth-order valence-corrected chi connectivity index (χ4v) is 3.71. The van der Waals surface area contributed by atoms with Gasteiger partial charge >= 0.3 is 6.03 Å². The number of amides is 3. The van der Waals surface area contributed by atoms with Crippen molar-refractivity contribution in [3.63, 3.8) is 0 Å². The van der Waals surface area contributed by atoms with Crippen LogP contribution in [0.2, 0.25) is 0 Å². The average molecular weight is 403 g/mol.